The zero-order valence-electron chi connectivity index (χ0n) is 21.2. The third-order valence-corrected chi connectivity index (χ3v) is 5.76. The predicted octanol–water partition coefficient (Wildman–Crippen LogP) is 4.94. The van der Waals surface area contributed by atoms with Crippen molar-refractivity contribution < 1.29 is 41.9 Å². The average Bonchev–Trinajstić information content (AvgIpc) is 2.86. The first-order valence-corrected chi connectivity index (χ1v) is 13.0. The van der Waals surface area contributed by atoms with Crippen LogP contribution in [0.4, 0.5) is 4.79 Å². The van der Waals surface area contributed by atoms with Crippen molar-refractivity contribution in [1.29, 1.82) is 0 Å². The number of carbonyl (C=O) groups is 1. The van der Waals surface area contributed by atoms with Gasteiger partial charge in [-0.2, -0.15) is 0 Å². The number of nitrogens with one attached hydrogen (secondary N) is 1. The second-order valence-electron chi connectivity index (χ2n) is 8.55. The van der Waals surface area contributed by atoms with E-state index in [0.717, 1.165) is 5.56 Å². The SMILES string of the molecule is COP(=O)(OCCNC(=O)OC(C)(C)C)OC[C@H](COCOc1ccccc1)OCc1ccccc1. The summed E-state index contributed by atoms with van der Waals surface area (Å²) in [6, 6.07) is 18.8. The van der Waals surface area contributed by atoms with E-state index in [2.05, 4.69) is 5.32 Å². The lowest BCUT2D eigenvalue weighted by Gasteiger charge is -2.22. The molecule has 0 radical (unpaired) electrons. The van der Waals surface area contributed by atoms with Crippen LogP contribution in [0.1, 0.15) is 26.3 Å². The van der Waals surface area contributed by atoms with Gasteiger partial charge >= 0.3 is 13.9 Å². The van der Waals surface area contributed by atoms with Crippen LogP contribution < -0.4 is 10.1 Å². The lowest BCUT2D eigenvalue weighted by atomic mass is 10.2. The molecule has 0 spiro atoms. The zero-order chi connectivity index (χ0) is 26.3. The molecule has 0 heterocycles. The first-order chi connectivity index (χ1) is 17.2. The van der Waals surface area contributed by atoms with E-state index >= 15 is 0 Å². The second-order valence-corrected chi connectivity index (χ2v) is 10.3. The smallest absolute Gasteiger partial charge is 0.468 e. The Morgan fingerprint density at radius 1 is 0.972 bits per heavy atom. The Morgan fingerprint density at radius 3 is 2.28 bits per heavy atom. The fourth-order valence-corrected chi connectivity index (χ4v) is 3.63. The summed E-state index contributed by atoms with van der Waals surface area (Å²) in [7, 11) is -2.68. The van der Waals surface area contributed by atoms with Gasteiger partial charge in [-0.3, -0.25) is 13.6 Å². The molecule has 1 unspecified atom stereocenters. The van der Waals surface area contributed by atoms with E-state index < -0.39 is 25.6 Å². The van der Waals surface area contributed by atoms with Crippen LogP contribution in [-0.4, -0.2) is 58.1 Å². The van der Waals surface area contributed by atoms with Crippen LogP contribution in [0.25, 0.3) is 0 Å². The molecule has 0 aliphatic carbocycles. The third kappa shape index (κ3) is 13.0. The number of hydrogen-bond acceptors (Lipinski definition) is 9. The standard InChI is InChI=1S/C25H36NO9P/c1-25(2,3)35-24(27)26-15-16-33-36(28,29-4)34-19-23(31-17-21-11-7-5-8-12-21)18-30-20-32-22-13-9-6-10-14-22/h5-14,23H,15-20H2,1-4H3,(H,26,27)/t23-,36?/m0/s1. The van der Waals surface area contributed by atoms with Crippen molar-refractivity contribution in [3.05, 3.63) is 66.2 Å². The first kappa shape index (κ1) is 29.8. The van der Waals surface area contributed by atoms with Crippen LogP contribution in [0.15, 0.2) is 60.7 Å². The second kappa shape index (κ2) is 15.6. The molecule has 1 N–H and O–H groups in total. The number of phosphoric ester groups is 1. The molecule has 0 saturated heterocycles. The lowest BCUT2D eigenvalue weighted by Crippen LogP contribution is -2.34. The van der Waals surface area contributed by atoms with E-state index in [1.165, 1.54) is 7.11 Å². The summed E-state index contributed by atoms with van der Waals surface area (Å²) < 4.78 is 50.7. The lowest BCUT2D eigenvalue weighted by molar-refractivity contribution is -0.0778. The van der Waals surface area contributed by atoms with E-state index in [9.17, 15) is 9.36 Å². The van der Waals surface area contributed by atoms with Crippen molar-refractivity contribution in [2.24, 2.45) is 0 Å². The van der Waals surface area contributed by atoms with Gasteiger partial charge in [0.1, 0.15) is 17.5 Å². The topological polar surface area (TPSA) is 111 Å². The maximum Gasteiger partial charge on any atom is 0.474 e. The van der Waals surface area contributed by atoms with Crippen molar-refractivity contribution >= 4 is 13.9 Å². The molecular formula is C25H36NO9P. The molecule has 11 heteroatoms. The summed E-state index contributed by atoms with van der Waals surface area (Å²) in [6.07, 6.45) is -1.19. The van der Waals surface area contributed by atoms with Gasteiger partial charge in [-0.1, -0.05) is 48.5 Å². The fourth-order valence-electron chi connectivity index (χ4n) is 2.68. The highest BCUT2D eigenvalue weighted by molar-refractivity contribution is 7.48. The Morgan fingerprint density at radius 2 is 1.64 bits per heavy atom. The molecule has 200 valence electrons. The van der Waals surface area contributed by atoms with Gasteiger partial charge in [-0.05, 0) is 38.5 Å². The van der Waals surface area contributed by atoms with Crippen molar-refractivity contribution in [3.63, 3.8) is 0 Å². The van der Waals surface area contributed by atoms with E-state index in [4.69, 9.17) is 32.5 Å². The summed E-state index contributed by atoms with van der Waals surface area (Å²) >= 11 is 0. The maximum atomic E-state index is 12.8. The quantitative estimate of drug-likeness (QED) is 0.185. The Hall–Kier alpha value is -2.46. The van der Waals surface area contributed by atoms with Crippen molar-refractivity contribution in [1.82, 2.24) is 5.32 Å². The molecule has 0 aliphatic heterocycles. The molecule has 2 atom stereocenters. The van der Waals surface area contributed by atoms with E-state index in [1.54, 1.807) is 20.8 Å². The minimum absolute atomic E-state index is 0.00395. The number of benzene rings is 2. The molecule has 2 aromatic carbocycles. The van der Waals surface area contributed by atoms with Crippen molar-refractivity contribution in [3.8, 4) is 5.75 Å². The van der Waals surface area contributed by atoms with Crippen LogP contribution >= 0.6 is 7.82 Å². The number of amides is 1. The molecule has 2 aromatic rings. The average molecular weight is 526 g/mol. The number of para-hydroxylation sites is 1. The van der Waals surface area contributed by atoms with Gasteiger partial charge in [0.25, 0.3) is 0 Å². The minimum atomic E-state index is -3.90. The normalized spacial score (nSPS) is 14.0. The molecule has 0 saturated carbocycles. The predicted molar refractivity (Wildman–Crippen MR) is 134 cm³/mol. The highest BCUT2D eigenvalue weighted by Crippen LogP contribution is 2.48. The van der Waals surface area contributed by atoms with Crippen molar-refractivity contribution in [2.75, 3.05) is 40.3 Å². The Labute approximate surface area is 212 Å². The maximum absolute atomic E-state index is 12.8. The number of hydrogen-bond donors (Lipinski definition) is 1. The van der Waals surface area contributed by atoms with Crippen LogP contribution in [0.3, 0.4) is 0 Å². The Kier molecular flexibility index (Phi) is 12.9. The first-order valence-electron chi connectivity index (χ1n) is 11.5. The van der Waals surface area contributed by atoms with Gasteiger partial charge < -0.3 is 24.3 Å². The zero-order valence-corrected chi connectivity index (χ0v) is 22.1. The molecule has 0 bridgehead atoms. The van der Waals surface area contributed by atoms with Gasteiger partial charge in [0.15, 0.2) is 6.79 Å². The minimum Gasteiger partial charge on any atom is -0.468 e. The number of ether oxygens (including phenoxy) is 4. The molecule has 0 aliphatic rings. The fraction of sp³-hybridized carbons (Fsp3) is 0.480. The Bertz CT molecular complexity index is 922. The van der Waals surface area contributed by atoms with Crippen LogP contribution in [0.2, 0.25) is 0 Å². The van der Waals surface area contributed by atoms with Gasteiger partial charge in [0.05, 0.1) is 26.4 Å². The van der Waals surface area contributed by atoms with Gasteiger partial charge in [0, 0.05) is 13.7 Å². The molecule has 2 rings (SSSR count). The van der Waals surface area contributed by atoms with Crippen LogP contribution in [0, 0.1) is 0 Å². The molecule has 36 heavy (non-hydrogen) atoms. The molecule has 1 amide bonds. The number of rotatable bonds is 16. The molecule has 10 nitrogen and oxygen atoms in total. The summed E-state index contributed by atoms with van der Waals surface area (Å²) in [5.74, 6) is 0.674. The summed E-state index contributed by atoms with van der Waals surface area (Å²) in [4.78, 5) is 11.7. The van der Waals surface area contributed by atoms with Gasteiger partial charge in [-0.15, -0.1) is 0 Å². The third-order valence-electron chi connectivity index (χ3n) is 4.35. The Balaban J connectivity index is 1.82. The molecule has 0 fully saturated rings. The van der Waals surface area contributed by atoms with Gasteiger partial charge in [0.2, 0.25) is 0 Å². The summed E-state index contributed by atoms with van der Waals surface area (Å²) in [5.41, 5.74) is 0.334. The number of alkyl carbamates (subject to hydrolysis) is 1. The number of carbonyl (C=O) groups excluding carboxylic acids is 1. The molecule has 0 aromatic heterocycles. The van der Waals surface area contributed by atoms with Gasteiger partial charge in [-0.25, -0.2) is 9.36 Å². The van der Waals surface area contributed by atoms with E-state index in [-0.39, 0.29) is 33.2 Å². The largest absolute Gasteiger partial charge is 0.474 e. The summed E-state index contributed by atoms with van der Waals surface area (Å²) in [6.45, 7) is 5.50. The summed E-state index contributed by atoms with van der Waals surface area (Å²) in [5, 5.41) is 2.51. The van der Waals surface area contributed by atoms with E-state index in [1.807, 2.05) is 60.7 Å². The highest BCUT2D eigenvalue weighted by Gasteiger charge is 2.27. The van der Waals surface area contributed by atoms with Crippen LogP contribution in [-0.2, 0) is 39.0 Å². The van der Waals surface area contributed by atoms with Crippen molar-refractivity contribution in [2.45, 2.75) is 39.1 Å². The van der Waals surface area contributed by atoms with E-state index in [0.29, 0.717) is 12.4 Å². The monoisotopic (exact) mass is 525 g/mol. The van der Waals surface area contributed by atoms with Crippen LogP contribution in [0.5, 0.6) is 5.75 Å². The molecular weight excluding hydrogens is 489 g/mol. The number of phosphoric acid groups is 1. The highest BCUT2D eigenvalue weighted by atomic mass is 31.2.